The quantitative estimate of drug-likeness (QED) is 0.624. The molecule has 2 aromatic heterocycles. The molecule has 0 saturated carbocycles. The molecule has 0 bridgehead atoms. The molecule has 0 atom stereocenters. The minimum atomic E-state index is -0.226. The number of ether oxygens (including phenoxy) is 1. The molecular formula is C24H26N6O4. The predicted molar refractivity (Wildman–Crippen MR) is 125 cm³/mol. The molecule has 2 saturated heterocycles. The highest BCUT2D eigenvalue weighted by atomic mass is 16.5. The second-order valence-electron chi connectivity index (χ2n) is 8.43. The number of amides is 3. The van der Waals surface area contributed by atoms with Crippen LogP contribution in [0, 0.1) is 0 Å². The summed E-state index contributed by atoms with van der Waals surface area (Å²) in [6.45, 7) is 4.26. The summed E-state index contributed by atoms with van der Waals surface area (Å²) in [5.41, 5.74) is 1.74. The maximum atomic E-state index is 13.1. The fourth-order valence-corrected chi connectivity index (χ4v) is 4.42. The van der Waals surface area contributed by atoms with Crippen LogP contribution in [0.4, 0.5) is 4.79 Å². The first-order chi connectivity index (χ1) is 16.6. The molecule has 1 N–H and O–H groups in total. The summed E-state index contributed by atoms with van der Waals surface area (Å²) in [6.07, 6.45) is 2.08. The number of carbonyl (C=O) groups excluding carboxylic acids is 2. The highest BCUT2D eigenvalue weighted by Gasteiger charge is 2.29. The predicted octanol–water partition coefficient (Wildman–Crippen LogP) is 1.12. The van der Waals surface area contributed by atoms with Gasteiger partial charge in [0.05, 0.1) is 24.3 Å². The molecule has 4 heterocycles. The topological polar surface area (TPSA) is 112 Å². The number of urea groups is 1. The molecule has 10 nitrogen and oxygen atoms in total. The zero-order chi connectivity index (χ0) is 23.5. The maximum absolute atomic E-state index is 13.1. The number of fused-ring (bicyclic) bond motifs is 1. The Balaban J connectivity index is 1.25. The molecule has 2 aliphatic heterocycles. The van der Waals surface area contributed by atoms with Crippen molar-refractivity contribution in [3.63, 3.8) is 0 Å². The smallest absolute Gasteiger partial charge is 0.320 e. The molecule has 34 heavy (non-hydrogen) atoms. The van der Waals surface area contributed by atoms with E-state index in [2.05, 4.69) is 15.2 Å². The number of hydrogen-bond donors (Lipinski definition) is 1. The van der Waals surface area contributed by atoms with Crippen LogP contribution in [0.25, 0.3) is 10.8 Å². The minimum Gasteiger partial charge on any atom is -0.378 e. The molecule has 0 radical (unpaired) electrons. The van der Waals surface area contributed by atoms with E-state index >= 15 is 0 Å². The lowest BCUT2D eigenvalue weighted by Gasteiger charge is -2.38. The van der Waals surface area contributed by atoms with Gasteiger partial charge in [0.1, 0.15) is 5.69 Å². The Bertz CT molecular complexity index is 1260. The van der Waals surface area contributed by atoms with E-state index in [1.54, 1.807) is 33.0 Å². The van der Waals surface area contributed by atoms with Gasteiger partial charge in [-0.25, -0.2) is 9.89 Å². The first kappa shape index (κ1) is 22.0. The lowest BCUT2D eigenvalue weighted by Crippen LogP contribution is -2.55. The lowest BCUT2D eigenvalue weighted by molar-refractivity contribution is 0.0361. The Morgan fingerprint density at radius 1 is 0.912 bits per heavy atom. The molecule has 2 fully saturated rings. The van der Waals surface area contributed by atoms with Crippen LogP contribution in [0.15, 0.2) is 47.4 Å². The van der Waals surface area contributed by atoms with Crippen molar-refractivity contribution in [2.75, 3.05) is 52.5 Å². The van der Waals surface area contributed by atoms with Crippen LogP contribution in [0.3, 0.4) is 0 Å². The van der Waals surface area contributed by atoms with Gasteiger partial charge in [-0.3, -0.25) is 14.6 Å². The van der Waals surface area contributed by atoms with Gasteiger partial charge in [-0.2, -0.15) is 5.10 Å². The second-order valence-corrected chi connectivity index (χ2v) is 8.43. The molecule has 176 valence electrons. The van der Waals surface area contributed by atoms with E-state index in [1.165, 1.54) is 0 Å². The third kappa shape index (κ3) is 4.49. The van der Waals surface area contributed by atoms with E-state index in [9.17, 15) is 14.4 Å². The number of nitrogens with zero attached hydrogens (tertiary/aromatic N) is 5. The van der Waals surface area contributed by atoms with E-state index in [1.807, 2.05) is 24.3 Å². The van der Waals surface area contributed by atoms with E-state index in [-0.39, 0.29) is 17.5 Å². The van der Waals surface area contributed by atoms with Crippen LogP contribution < -0.4 is 5.56 Å². The Hall–Kier alpha value is -3.79. The number of aromatic nitrogens is 3. The van der Waals surface area contributed by atoms with E-state index in [0.29, 0.717) is 70.0 Å². The van der Waals surface area contributed by atoms with Crippen molar-refractivity contribution in [2.24, 2.45) is 0 Å². The summed E-state index contributed by atoms with van der Waals surface area (Å²) in [5.74, 6) is -0.153. The Kier molecular flexibility index (Phi) is 6.22. The average Bonchev–Trinajstić information content (AvgIpc) is 2.90. The van der Waals surface area contributed by atoms with Gasteiger partial charge in [-0.15, -0.1) is 0 Å². The highest BCUT2D eigenvalue weighted by molar-refractivity contribution is 5.92. The summed E-state index contributed by atoms with van der Waals surface area (Å²) in [4.78, 5) is 47.5. The molecule has 10 heteroatoms. The number of aromatic amines is 1. The number of pyridine rings is 1. The van der Waals surface area contributed by atoms with Crippen molar-refractivity contribution in [2.45, 2.75) is 6.42 Å². The van der Waals surface area contributed by atoms with E-state index < -0.39 is 0 Å². The largest absolute Gasteiger partial charge is 0.378 e. The zero-order valence-corrected chi connectivity index (χ0v) is 18.8. The van der Waals surface area contributed by atoms with Gasteiger partial charge in [0.2, 0.25) is 0 Å². The van der Waals surface area contributed by atoms with E-state index in [0.717, 1.165) is 16.6 Å². The Morgan fingerprint density at radius 2 is 1.59 bits per heavy atom. The fraction of sp³-hybridized carbons (Fsp3) is 0.375. The molecule has 0 spiro atoms. The van der Waals surface area contributed by atoms with Crippen molar-refractivity contribution in [1.29, 1.82) is 0 Å². The number of piperazine rings is 1. The molecule has 2 aliphatic rings. The first-order valence-electron chi connectivity index (χ1n) is 11.4. The second kappa shape index (κ2) is 9.60. The zero-order valence-electron chi connectivity index (χ0n) is 18.8. The highest BCUT2D eigenvalue weighted by Crippen LogP contribution is 2.17. The van der Waals surface area contributed by atoms with Gasteiger partial charge < -0.3 is 19.4 Å². The number of hydrogen-bond acceptors (Lipinski definition) is 6. The third-order valence-corrected chi connectivity index (χ3v) is 6.31. The van der Waals surface area contributed by atoms with Crippen molar-refractivity contribution in [3.8, 4) is 0 Å². The van der Waals surface area contributed by atoms with Crippen LogP contribution >= 0.6 is 0 Å². The number of nitrogens with one attached hydrogen (secondary N) is 1. The van der Waals surface area contributed by atoms with Crippen molar-refractivity contribution >= 4 is 22.7 Å². The Morgan fingerprint density at radius 3 is 2.35 bits per heavy atom. The van der Waals surface area contributed by atoms with E-state index in [4.69, 9.17) is 4.74 Å². The average molecular weight is 463 g/mol. The van der Waals surface area contributed by atoms with Crippen LogP contribution in [-0.2, 0) is 11.2 Å². The van der Waals surface area contributed by atoms with Crippen LogP contribution in [0.1, 0.15) is 21.7 Å². The van der Waals surface area contributed by atoms with Gasteiger partial charge in [0.15, 0.2) is 0 Å². The van der Waals surface area contributed by atoms with Gasteiger partial charge >= 0.3 is 6.03 Å². The molecule has 3 amide bonds. The molecule has 0 aliphatic carbocycles. The number of carbonyl (C=O) groups is 2. The summed E-state index contributed by atoms with van der Waals surface area (Å²) in [6, 6.07) is 11.0. The van der Waals surface area contributed by atoms with Crippen LogP contribution in [0.5, 0.6) is 0 Å². The first-order valence-corrected chi connectivity index (χ1v) is 11.4. The Labute approximate surface area is 196 Å². The summed E-state index contributed by atoms with van der Waals surface area (Å²) in [5, 5.41) is 8.15. The van der Waals surface area contributed by atoms with Crippen molar-refractivity contribution in [1.82, 2.24) is 29.9 Å². The molecule has 1 aromatic carbocycles. The minimum absolute atomic E-state index is 0.0103. The fourth-order valence-electron chi connectivity index (χ4n) is 4.42. The number of benzene rings is 1. The number of morpholine rings is 1. The summed E-state index contributed by atoms with van der Waals surface area (Å²) < 4.78 is 5.32. The number of rotatable bonds is 3. The van der Waals surface area contributed by atoms with Gasteiger partial charge in [0.25, 0.3) is 11.5 Å². The molecule has 0 unspecified atom stereocenters. The third-order valence-electron chi connectivity index (χ3n) is 6.31. The molecule has 5 rings (SSSR count). The summed E-state index contributed by atoms with van der Waals surface area (Å²) >= 11 is 0. The molecule has 3 aromatic rings. The van der Waals surface area contributed by atoms with Crippen molar-refractivity contribution in [3.05, 3.63) is 69.9 Å². The van der Waals surface area contributed by atoms with Crippen LogP contribution in [-0.4, -0.2) is 94.3 Å². The standard InChI is InChI=1S/C24H26N6O4/c31-22-19-4-2-1-3-18(19)20(26-27-22)15-17-5-6-25-21(16-17)23(32)28-7-9-29(10-8-28)24(33)30-11-13-34-14-12-30/h1-6,16H,7-15H2,(H,27,31). The lowest BCUT2D eigenvalue weighted by atomic mass is 10.0. The molecular weight excluding hydrogens is 436 g/mol. The van der Waals surface area contributed by atoms with Crippen molar-refractivity contribution < 1.29 is 14.3 Å². The van der Waals surface area contributed by atoms with Gasteiger partial charge in [-0.1, -0.05) is 18.2 Å². The van der Waals surface area contributed by atoms with Gasteiger partial charge in [0, 0.05) is 57.3 Å². The summed E-state index contributed by atoms with van der Waals surface area (Å²) in [7, 11) is 0. The van der Waals surface area contributed by atoms with Crippen LogP contribution in [0.2, 0.25) is 0 Å². The maximum Gasteiger partial charge on any atom is 0.320 e. The SMILES string of the molecule is O=C(c1cc(Cc2n[nH]c(=O)c3ccccc23)ccn1)N1CCN(C(=O)N2CCOCC2)CC1. The number of H-pyrrole nitrogens is 1. The monoisotopic (exact) mass is 462 g/mol. The normalized spacial score (nSPS) is 16.6. The van der Waals surface area contributed by atoms with Gasteiger partial charge in [-0.05, 0) is 23.8 Å².